The summed E-state index contributed by atoms with van der Waals surface area (Å²) < 4.78 is 14.5. The fourth-order valence-corrected chi connectivity index (χ4v) is 4.32. The summed E-state index contributed by atoms with van der Waals surface area (Å²) in [5, 5.41) is 25.4. The van der Waals surface area contributed by atoms with Crippen molar-refractivity contribution in [3.05, 3.63) is 24.3 Å². The zero-order valence-corrected chi connectivity index (χ0v) is 17.1. The molecule has 1 N–H and O–H groups in total. The van der Waals surface area contributed by atoms with E-state index < -0.39 is 5.54 Å². The van der Waals surface area contributed by atoms with Crippen molar-refractivity contribution in [1.82, 2.24) is 34.9 Å². The van der Waals surface area contributed by atoms with Crippen LogP contribution in [0.5, 0.6) is 0 Å². The summed E-state index contributed by atoms with van der Waals surface area (Å²) in [5.41, 5.74) is -0.141. The predicted molar refractivity (Wildman–Crippen MR) is 104 cm³/mol. The van der Waals surface area contributed by atoms with E-state index in [1.165, 1.54) is 0 Å². The highest BCUT2D eigenvalue weighted by molar-refractivity contribution is 5.84. The quantitative estimate of drug-likeness (QED) is 0.629. The van der Waals surface area contributed by atoms with Crippen LogP contribution < -0.4 is 0 Å². The third-order valence-corrected chi connectivity index (χ3v) is 5.98. The van der Waals surface area contributed by atoms with Crippen molar-refractivity contribution in [1.29, 1.82) is 0 Å². The standard InChI is InChI=1S/C19H29N7O4/c27-10-13-30-15-16-14-26(23-21-16)19(4-11-29-12-5-19)18(28)24-7-1-2-17(3-8-24)25-9-6-20-22-25/h6,9,14,17,27H,1-5,7-8,10-13,15H2. The van der Waals surface area contributed by atoms with E-state index in [4.69, 9.17) is 14.6 Å². The molecule has 2 fully saturated rings. The summed E-state index contributed by atoms with van der Waals surface area (Å²) in [6.07, 6.45) is 9.23. The van der Waals surface area contributed by atoms with Gasteiger partial charge in [-0.05, 0) is 19.3 Å². The molecule has 4 heterocycles. The second-order valence-corrected chi connectivity index (χ2v) is 7.83. The van der Waals surface area contributed by atoms with E-state index in [0.717, 1.165) is 19.3 Å². The molecule has 4 rings (SSSR count). The lowest BCUT2D eigenvalue weighted by Gasteiger charge is -2.39. The molecular weight excluding hydrogens is 390 g/mol. The minimum Gasteiger partial charge on any atom is -0.394 e. The Kier molecular flexibility index (Phi) is 6.70. The second kappa shape index (κ2) is 9.63. The first-order chi connectivity index (χ1) is 14.7. The van der Waals surface area contributed by atoms with Gasteiger partial charge in [0.1, 0.15) is 11.2 Å². The largest absolute Gasteiger partial charge is 0.394 e. The first kappa shape index (κ1) is 20.9. The van der Waals surface area contributed by atoms with Crippen LogP contribution >= 0.6 is 0 Å². The van der Waals surface area contributed by atoms with E-state index in [1.807, 2.05) is 15.8 Å². The summed E-state index contributed by atoms with van der Waals surface area (Å²) >= 11 is 0. The van der Waals surface area contributed by atoms with Crippen molar-refractivity contribution in [2.75, 3.05) is 39.5 Å². The number of rotatable bonds is 7. The summed E-state index contributed by atoms with van der Waals surface area (Å²) in [6, 6.07) is 0.262. The maximum Gasteiger partial charge on any atom is 0.250 e. The molecule has 30 heavy (non-hydrogen) atoms. The van der Waals surface area contributed by atoms with Crippen LogP contribution in [0.4, 0.5) is 0 Å². The smallest absolute Gasteiger partial charge is 0.250 e. The number of likely N-dealkylation sites (tertiary alicyclic amines) is 1. The molecule has 0 spiro atoms. The zero-order chi connectivity index (χ0) is 20.8. The van der Waals surface area contributed by atoms with Gasteiger partial charge in [0.2, 0.25) is 0 Å². The molecule has 2 aromatic rings. The van der Waals surface area contributed by atoms with Crippen LogP contribution in [0.1, 0.15) is 43.8 Å². The highest BCUT2D eigenvalue weighted by atomic mass is 16.5. The minimum absolute atomic E-state index is 0.0432. The number of carbonyl (C=O) groups is 1. The third kappa shape index (κ3) is 4.37. The van der Waals surface area contributed by atoms with E-state index in [0.29, 0.717) is 44.8 Å². The molecule has 164 valence electrons. The Balaban J connectivity index is 1.49. The molecule has 1 atom stereocenters. The highest BCUT2D eigenvalue weighted by Gasteiger charge is 2.45. The lowest BCUT2D eigenvalue weighted by atomic mass is 9.88. The fraction of sp³-hybridized carbons (Fsp3) is 0.737. The van der Waals surface area contributed by atoms with Crippen molar-refractivity contribution >= 4 is 5.91 Å². The fourth-order valence-electron chi connectivity index (χ4n) is 4.32. The molecule has 2 saturated heterocycles. The van der Waals surface area contributed by atoms with Gasteiger partial charge in [0, 0.05) is 45.3 Å². The van der Waals surface area contributed by atoms with Crippen LogP contribution in [0, 0.1) is 0 Å². The van der Waals surface area contributed by atoms with E-state index in [-0.39, 0.29) is 31.8 Å². The predicted octanol–water partition coefficient (Wildman–Crippen LogP) is 0.138. The first-order valence-electron chi connectivity index (χ1n) is 10.6. The Morgan fingerprint density at radius 2 is 2.13 bits per heavy atom. The Labute approximate surface area is 174 Å². The summed E-state index contributed by atoms with van der Waals surface area (Å²) in [5.74, 6) is 0.0813. The molecule has 11 heteroatoms. The number of nitrogens with zero attached hydrogens (tertiary/aromatic N) is 7. The minimum atomic E-state index is -0.784. The van der Waals surface area contributed by atoms with Gasteiger partial charge in [-0.1, -0.05) is 10.4 Å². The Morgan fingerprint density at radius 3 is 2.90 bits per heavy atom. The molecule has 0 radical (unpaired) electrons. The number of aliphatic hydroxyl groups excluding tert-OH is 1. The van der Waals surface area contributed by atoms with Crippen LogP contribution in [0.15, 0.2) is 18.6 Å². The van der Waals surface area contributed by atoms with Gasteiger partial charge < -0.3 is 19.5 Å². The van der Waals surface area contributed by atoms with Gasteiger partial charge in [0.05, 0.1) is 38.3 Å². The number of hydrogen-bond donors (Lipinski definition) is 1. The van der Waals surface area contributed by atoms with E-state index >= 15 is 0 Å². The van der Waals surface area contributed by atoms with Gasteiger partial charge in [-0.2, -0.15) is 0 Å². The number of aliphatic hydroxyl groups is 1. The molecule has 0 aliphatic carbocycles. The first-order valence-corrected chi connectivity index (χ1v) is 10.6. The number of hydrogen-bond acceptors (Lipinski definition) is 8. The molecule has 2 aromatic heterocycles. The molecule has 2 aliphatic heterocycles. The molecule has 0 saturated carbocycles. The molecule has 1 amide bonds. The van der Waals surface area contributed by atoms with Crippen LogP contribution in [0.2, 0.25) is 0 Å². The van der Waals surface area contributed by atoms with Crippen molar-refractivity contribution in [2.24, 2.45) is 0 Å². The van der Waals surface area contributed by atoms with Crippen LogP contribution in [-0.4, -0.2) is 85.4 Å². The van der Waals surface area contributed by atoms with Crippen molar-refractivity contribution in [3.8, 4) is 0 Å². The van der Waals surface area contributed by atoms with Crippen molar-refractivity contribution in [3.63, 3.8) is 0 Å². The zero-order valence-electron chi connectivity index (χ0n) is 17.1. The molecule has 0 aromatic carbocycles. The van der Waals surface area contributed by atoms with Gasteiger partial charge >= 0.3 is 0 Å². The van der Waals surface area contributed by atoms with Gasteiger partial charge in [0.15, 0.2) is 0 Å². The highest BCUT2D eigenvalue weighted by Crippen LogP contribution is 2.33. The molecule has 11 nitrogen and oxygen atoms in total. The number of ether oxygens (including phenoxy) is 2. The summed E-state index contributed by atoms with van der Waals surface area (Å²) in [4.78, 5) is 15.7. The Morgan fingerprint density at radius 1 is 1.27 bits per heavy atom. The van der Waals surface area contributed by atoms with Gasteiger partial charge in [-0.15, -0.1) is 10.2 Å². The monoisotopic (exact) mass is 419 g/mol. The molecular formula is C19H29N7O4. The molecule has 2 aliphatic rings. The second-order valence-electron chi connectivity index (χ2n) is 7.83. The number of carbonyl (C=O) groups excluding carboxylic acids is 1. The van der Waals surface area contributed by atoms with Gasteiger partial charge in [-0.25, -0.2) is 9.36 Å². The Hall–Kier alpha value is -2.37. The maximum atomic E-state index is 13.8. The van der Waals surface area contributed by atoms with Gasteiger partial charge in [0.25, 0.3) is 5.91 Å². The van der Waals surface area contributed by atoms with Crippen molar-refractivity contribution in [2.45, 2.75) is 50.3 Å². The SMILES string of the molecule is O=C(N1CCCC(n2ccnn2)CC1)C1(n2cc(COCCO)nn2)CCOCC1. The number of aromatic nitrogens is 6. The van der Waals surface area contributed by atoms with Crippen LogP contribution in [-0.2, 0) is 26.4 Å². The lowest BCUT2D eigenvalue weighted by Crippen LogP contribution is -2.54. The third-order valence-electron chi connectivity index (χ3n) is 5.98. The van der Waals surface area contributed by atoms with E-state index in [1.54, 1.807) is 17.1 Å². The average molecular weight is 419 g/mol. The summed E-state index contributed by atoms with van der Waals surface area (Å²) in [7, 11) is 0. The average Bonchev–Trinajstić information content (AvgIpc) is 3.43. The lowest BCUT2D eigenvalue weighted by molar-refractivity contribution is -0.147. The van der Waals surface area contributed by atoms with Crippen LogP contribution in [0.3, 0.4) is 0 Å². The molecule has 1 unspecified atom stereocenters. The number of amides is 1. The van der Waals surface area contributed by atoms with Crippen LogP contribution in [0.25, 0.3) is 0 Å². The topological polar surface area (TPSA) is 120 Å². The van der Waals surface area contributed by atoms with Crippen molar-refractivity contribution < 1.29 is 19.4 Å². The van der Waals surface area contributed by atoms with Gasteiger partial charge in [-0.3, -0.25) is 4.79 Å². The normalized spacial score (nSPS) is 22.0. The molecule has 0 bridgehead atoms. The van der Waals surface area contributed by atoms with E-state index in [2.05, 4.69) is 20.6 Å². The summed E-state index contributed by atoms with van der Waals surface area (Å²) in [6.45, 7) is 2.87. The Bertz CT molecular complexity index is 804. The maximum absolute atomic E-state index is 13.8. The van der Waals surface area contributed by atoms with E-state index in [9.17, 15) is 4.79 Å².